The van der Waals surface area contributed by atoms with Gasteiger partial charge in [-0.15, -0.1) is 0 Å². The molecule has 1 atom stereocenters. The Morgan fingerprint density at radius 3 is 2.20 bits per heavy atom. The van der Waals surface area contributed by atoms with E-state index in [0.717, 1.165) is 18.1 Å². The number of hydrogen-bond donors (Lipinski definition) is 1. The molecule has 0 aliphatic rings. The smallest absolute Gasteiger partial charge is 0.0406 e. The maximum Gasteiger partial charge on any atom is 0.0406 e. The van der Waals surface area contributed by atoms with Crippen LogP contribution >= 0.6 is 11.6 Å². The van der Waals surface area contributed by atoms with Crippen molar-refractivity contribution in [2.24, 2.45) is 5.92 Å². The summed E-state index contributed by atoms with van der Waals surface area (Å²) in [5.74, 6) is 1.17. The zero-order valence-electron chi connectivity index (χ0n) is 12.1. The minimum Gasteiger partial charge on any atom is -0.312 e. The minimum atomic E-state index is 0.545. The van der Waals surface area contributed by atoms with Gasteiger partial charge in [-0.05, 0) is 35.1 Å². The van der Waals surface area contributed by atoms with Crippen molar-refractivity contribution in [3.63, 3.8) is 0 Å². The summed E-state index contributed by atoms with van der Waals surface area (Å²) < 4.78 is 0. The van der Waals surface area contributed by atoms with Crippen LogP contribution in [0.1, 0.15) is 30.9 Å². The summed E-state index contributed by atoms with van der Waals surface area (Å²) in [4.78, 5) is 0. The lowest BCUT2D eigenvalue weighted by Crippen LogP contribution is -2.24. The Hall–Kier alpha value is -1.31. The van der Waals surface area contributed by atoms with Gasteiger partial charge in [-0.2, -0.15) is 0 Å². The van der Waals surface area contributed by atoms with E-state index in [1.165, 1.54) is 11.1 Å². The van der Waals surface area contributed by atoms with Gasteiger partial charge in [-0.25, -0.2) is 0 Å². The van der Waals surface area contributed by atoms with E-state index in [0.29, 0.717) is 11.8 Å². The van der Waals surface area contributed by atoms with E-state index in [2.05, 4.69) is 61.6 Å². The molecular formula is C18H22ClN. The van der Waals surface area contributed by atoms with E-state index in [1.807, 2.05) is 12.1 Å². The maximum atomic E-state index is 5.90. The fourth-order valence-electron chi connectivity index (χ4n) is 2.41. The minimum absolute atomic E-state index is 0.545. The highest BCUT2D eigenvalue weighted by Crippen LogP contribution is 2.23. The molecule has 0 bridgehead atoms. The van der Waals surface area contributed by atoms with E-state index in [-0.39, 0.29) is 0 Å². The van der Waals surface area contributed by atoms with Gasteiger partial charge in [-0.3, -0.25) is 0 Å². The molecule has 0 aliphatic heterocycles. The highest BCUT2D eigenvalue weighted by atomic mass is 35.5. The van der Waals surface area contributed by atoms with Crippen LogP contribution in [0.15, 0.2) is 54.6 Å². The average Bonchev–Trinajstić information content (AvgIpc) is 2.46. The molecule has 1 unspecified atom stereocenters. The number of halogens is 1. The zero-order chi connectivity index (χ0) is 14.4. The van der Waals surface area contributed by atoms with Crippen molar-refractivity contribution in [3.05, 3.63) is 70.7 Å². The summed E-state index contributed by atoms with van der Waals surface area (Å²) in [5, 5.41) is 4.35. The van der Waals surface area contributed by atoms with Crippen molar-refractivity contribution < 1.29 is 0 Å². The fourth-order valence-corrected chi connectivity index (χ4v) is 2.54. The third kappa shape index (κ3) is 4.36. The van der Waals surface area contributed by atoms with Crippen molar-refractivity contribution >= 4 is 11.6 Å². The molecule has 106 valence electrons. The Morgan fingerprint density at radius 1 is 0.950 bits per heavy atom. The highest BCUT2D eigenvalue weighted by Gasteiger charge is 2.14. The first-order valence-corrected chi connectivity index (χ1v) is 7.54. The number of nitrogens with one attached hydrogen (secondary N) is 1. The maximum absolute atomic E-state index is 5.90. The summed E-state index contributed by atoms with van der Waals surface area (Å²) in [7, 11) is 0. The van der Waals surface area contributed by atoms with Gasteiger partial charge in [0.25, 0.3) is 0 Å². The first-order chi connectivity index (χ1) is 9.66. The Balaban J connectivity index is 1.91. The van der Waals surface area contributed by atoms with Gasteiger partial charge in [0.2, 0.25) is 0 Å². The molecule has 0 saturated carbocycles. The molecule has 2 rings (SSSR count). The highest BCUT2D eigenvalue weighted by molar-refractivity contribution is 6.30. The summed E-state index contributed by atoms with van der Waals surface area (Å²) in [6, 6.07) is 18.8. The van der Waals surface area contributed by atoms with Crippen molar-refractivity contribution in [2.45, 2.75) is 26.3 Å². The first kappa shape index (κ1) is 15.1. The fraction of sp³-hybridized carbons (Fsp3) is 0.333. The monoisotopic (exact) mass is 287 g/mol. The van der Waals surface area contributed by atoms with Crippen LogP contribution in [0.4, 0.5) is 0 Å². The lowest BCUT2D eigenvalue weighted by atomic mass is 9.88. The molecule has 0 saturated heterocycles. The van der Waals surface area contributed by atoms with Crippen LogP contribution < -0.4 is 5.32 Å². The third-order valence-corrected chi connectivity index (χ3v) is 3.89. The molecule has 2 aromatic carbocycles. The molecule has 0 amide bonds. The van der Waals surface area contributed by atoms with Crippen LogP contribution in [0.25, 0.3) is 0 Å². The number of rotatable bonds is 6. The molecule has 2 heteroatoms. The van der Waals surface area contributed by atoms with E-state index >= 15 is 0 Å². The van der Waals surface area contributed by atoms with Gasteiger partial charge < -0.3 is 5.32 Å². The quantitative estimate of drug-likeness (QED) is 0.799. The molecule has 0 spiro atoms. The Labute approximate surface area is 127 Å². The van der Waals surface area contributed by atoms with Crippen LogP contribution in [0.2, 0.25) is 5.02 Å². The van der Waals surface area contributed by atoms with Crippen molar-refractivity contribution in [3.8, 4) is 0 Å². The van der Waals surface area contributed by atoms with Gasteiger partial charge >= 0.3 is 0 Å². The van der Waals surface area contributed by atoms with Gasteiger partial charge in [-0.1, -0.05) is 67.9 Å². The zero-order valence-corrected chi connectivity index (χ0v) is 12.9. The van der Waals surface area contributed by atoms with Crippen molar-refractivity contribution in [1.82, 2.24) is 5.32 Å². The van der Waals surface area contributed by atoms with Crippen LogP contribution in [-0.4, -0.2) is 6.54 Å². The third-order valence-electron chi connectivity index (χ3n) is 3.64. The van der Waals surface area contributed by atoms with Crippen LogP contribution in [0, 0.1) is 5.92 Å². The largest absolute Gasteiger partial charge is 0.312 e. The second kappa shape index (κ2) is 7.47. The topological polar surface area (TPSA) is 12.0 Å². The number of hydrogen-bond acceptors (Lipinski definition) is 1. The van der Waals surface area contributed by atoms with Gasteiger partial charge in [0.15, 0.2) is 0 Å². The molecule has 2 aromatic rings. The Bertz CT molecular complexity index is 505. The van der Waals surface area contributed by atoms with Crippen molar-refractivity contribution in [1.29, 1.82) is 0 Å². The molecule has 1 N–H and O–H groups in total. The van der Waals surface area contributed by atoms with Crippen LogP contribution in [0.5, 0.6) is 0 Å². The Kier molecular flexibility index (Phi) is 5.63. The summed E-state index contributed by atoms with van der Waals surface area (Å²) >= 11 is 5.90. The van der Waals surface area contributed by atoms with Crippen LogP contribution in [0.3, 0.4) is 0 Å². The summed E-state index contributed by atoms with van der Waals surface area (Å²) in [6.07, 6.45) is 0. The van der Waals surface area contributed by atoms with Gasteiger partial charge in [0, 0.05) is 18.1 Å². The standard InChI is InChI=1S/C18H22ClN/c1-14(2)18(16-6-4-3-5-7-16)13-20-12-15-8-10-17(19)11-9-15/h3-11,14,18,20H,12-13H2,1-2H3. The van der Waals surface area contributed by atoms with E-state index in [4.69, 9.17) is 11.6 Å². The molecule has 0 fully saturated rings. The molecule has 0 aromatic heterocycles. The normalized spacial score (nSPS) is 12.6. The lowest BCUT2D eigenvalue weighted by molar-refractivity contribution is 0.461. The second-order valence-electron chi connectivity index (χ2n) is 5.52. The molecule has 20 heavy (non-hydrogen) atoms. The van der Waals surface area contributed by atoms with Crippen LogP contribution in [-0.2, 0) is 6.54 Å². The first-order valence-electron chi connectivity index (χ1n) is 7.17. The molecular weight excluding hydrogens is 266 g/mol. The Morgan fingerprint density at radius 2 is 1.60 bits per heavy atom. The summed E-state index contributed by atoms with van der Waals surface area (Å²) in [5.41, 5.74) is 2.68. The van der Waals surface area contributed by atoms with Gasteiger partial charge in [0.05, 0.1) is 0 Å². The van der Waals surface area contributed by atoms with E-state index in [1.54, 1.807) is 0 Å². The van der Waals surface area contributed by atoms with E-state index < -0.39 is 0 Å². The SMILES string of the molecule is CC(C)C(CNCc1ccc(Cl)cc1)c1ccccc1. The van der Waals surface area contributed by atoms with Gasteiger partial charge in [0.1, 0.15) is 0 Å². The molecule has 1 nitrogen and oxygen atoms in total. The van der Waals surface area contributed by atoms with Crippen molar-refractivity contribution in [2.75, 3.05) is 6.54 Å². The average molecular weight is 288 g/mol. The predicted molar refractivity (Wildman–Crippen MR) is 87.2 cm³/mol. The molecule has 0 heterocycles. The predicted octanol–water partition coefficient (Wildman–Crippen LogP) is 4.87. The molecule has 0 radical (unpaired) electrons. The summed E-state index contributed by atoms with van der Waals surface area (Å²) in [6.45, 7) is 6.43. The lowest BCUT2D eigenvalue weighted by Gasteiger charge is -2.22. The molecule has 0 aliphatic carbocycles. The van der Waals surface area contributed by atoms with E-state index in [9.17, 15) is 0 Å². The second-order valence-corrected chi connectivity index (χ2v) is 5.95. The number of benzene rings is 2.